The topological polar surface area (TPSA) is 237 Å². The molecule has 0 aromatic heterocycles. The van der Waals surface area contributed by atoms with Crippen molar-refractivity contribution >= 4 is 39.5 Å². The van der Waals surface area contributed by atoms with E-state index in [2.05, 4.69) is 55.4 Å². The molecule has 0 spiro atoms. The van der Waals surface area contributed by atoms with E-state index in [1.807, 2.05) is 0 Å². The molecule has 0 fully saturated rings. The molecule has 0 saturated carbocycles. The Kier molecular flexibility index (Phi) is 56.6. The van der Waals surface area contributed by atoms with Gasteiger partial charge in [0.25, 0.3) is 0 Å². The molecule has 0 bridgehead atoms. The predicted molar refractivity (Wildman–Crippen MR) is 349 cm³/mol. The number of ether oxygens (including phenoxy) is 4. The molecule has 3 N–H and O–H groups in total. The lowest BCUT2D eigenvalue weighted by Crippen LogP contribution is -2.30. The van der Waals surface area contributed by atoms with Gasteiger partial charge in [-0.15, -0.1) is 0 Å². The summed E-state index contributed by atoms with van der Waals surface area (Å²) in [6, 6.07) is 0. The van der Waals surface area contributed by atoms with Crippen LogP contribution in [0.15, 0.2) is 0 Å². The number of carbonyl (C=O) groups is 4. The largest absolute Gasteiger partial charge is 0.472 e. The molecule has 0 aliphatic carbocycles. The summed E-state index contributed by atoms with van der Waals surface area (Å²) in [4.78, 5) is 72.4. The molecule has 0 radical (unpaired) electrons. The van der Waals surface area contributed by atoms with Crippen molar-refractivity contribution in [1.29, 1.82) is 0 Å². The van der Waals surface area contributed by atoms with Gasteiger partial charge in [0, 0.05) is 25.7 Å². The monoisotopic (exact) mass is 1280 g/mol. The maximum atomic E-state index is 13.0. The van der Waals surface area contributed by atoms with E-state index in [4.69, 9.17) is 37.0 Å². The Labute approximate surface area is 530 Å². The van der Waals surface area contributed by atoms with Gasteiger partial charge in [0.1, 0.15) is 19.3 Å². The smallest absolute Gasteiger partial charge is 0.462 e. The molecule has 87 heavy (non-hydrogen) atoms. The minimum Gasteiger partial charge on any atom is -0.462 e. The van der Waals surface area contributed by atoms with Gasteiger partial charge in [-0.2, -0.15) is 0 Å². The predicted octanol–water partition coefficient (Wildman–Crippen LogP) is 18.9. The molecule has 5 atom stereocenters. The summed E-state index contributed by atoms with van der Waals surface area (Å²) in [5.74, 6) is 0.782. The highest BCUT2D eigenvalue weighted by Crippen LogP contribution is 2.45. The van der Waals surface area contributed by atoms with Gasteiger partial charge >= 0.3 is 39.5 Å². The normalized spacial score (nSPS) is 14.3. The first-order chi connectivity index (χ1) is 41.6. The number of aliphatic hydroxyl groups excluding tert-OH is 1. The lowest BCUT2D eigenvalue weighted by Gasteiger charge is -2.21. The van der Waals surface area contributed by atoms with Crippen molar-refractivity contribution in [2.45, 2.75) is 350 Å². The van der Waals surface area contributed by atoms with E-state index in [1.165, 1.54) is 135 Å². The maximum absolute atomic E-state index is 13.0. The first-order valence-electron chi connectivity index (χ1n) is 35.2. The van der Waals surface area contributed by atoms with Crippen LogP contribution in [0.4, 0.5) is 0 Å². The lowest BCUT2D eigenvalue weighted by molar-refractivity contribution is -0.161. The Hall–Kier alpha value is -1.94. The number of rotatable bonds is 65. The summed E-state index contributed by atoms with van der Waals surface area (Å²) in [5.41, 5.74) is 0. The zero-order valence-corrected chi connectivity index (χ0v) is 58.4. The Morgan fingerprint density at radius 1 is 0.287 bits per heavy atom. The van der Waals surface area contributed by atoms with E-state index in [1.54, 1.807) is 0 Å². The second-order valence-electron chi connectivity index (χ2n) is 26.5. The lowest BCUT2D eigenvalue weighted by atomic mass is 10.0. The molecule has 0 aliphatic rings. The van der Waals surface area contributed by atoms with Gasteiger partial charge in [0.15, 0.2) is 12.2 Å². The number of phosphoric acid groups is 2. The first kappa shape index (κ1) is 85.1. The van der Waals surface area contributed by atoms with Crippen molar-refractivity contribution in [3.63, 3.8) is 0 Å². The Balaban J connectivity index is 5.23. The number of esters is 4. The zero-order chi connectivity index (χ0) is 64.7. The standard InChI is InChI=1S/C68H132O17P2/c1-58(2)44-36-28-20-14-10-9-11-16-23-32-40-48-65(70)78-55-64(85-68(73)51-43-35-27-26-31-39-47-61(7)8)57-83-87(76,77)81-53-62(69)52-80-86(74,75)82-56-63(54-79-66(71)49-41-33-24-19-18-22-30-38-46-60(5)6)84-67(72)50-42-34-25-17-13-12-15-21-29-37-45-59(3)4/h58-64,69H,9-57H2,1-8H3,(H,74,75)(H,76,77)/t62?,63-,64-/m1/s1. The highest BCUT2D eigenvalue weighted by Gasteiger charge is 2.30. The summed E-state index contributed by atoms with van der Waals surface area (Å²) in [6.07, 6.45) is 39.1. The minimum absolute atomic E-state index is 0.101. The van der Waals surface area contributed by atoms with E-state index in [-0.39, 0.29) is 25.7 Å². The van der Waals surface area contributed by atoms with Crippen molar-refractivity contribution < 1.29 is 80.2 Å². The summed E-state index contributed by atoms with van der Waals surface area (Å²) in [5, 5.41) is 10.6. The highest BCUT2D eigenvalue weighted by molar-refractivity contribution is 7.47. The van der Waals surface area contributed by atoms with E-state index in [0.29, 0.717) is 31.6 Å². The molecular formula is C68H132O17P2. The Morgan fingerprint density at radius 3 is 0.713 bits per heavy atom. The van der Waals surface area contributed by atoms with Crippen molar-refractivity contribution in [2.75, 3.05) is 39.6 Å². The van der Waals surface area contributed by atoms with Crippen molar-refractivity contribution in [3.05, 3.63) is 0 Å². The van der Waals surface area contributed by atoms with Crippen LogP contribution in [0.25, 0.3) is 0 Å². The molecule has 0 aromatic carbocycles. The third kappa shape index (κ3) is 62.6. The molecule has 0 aromatic rings. The number of phosphoric ester groups is 2. The molecule has 0 rings (SSSR count). The number of hydrogen-bond donors (Lipinski definition) is 3. The summed E-state index contributed by atoms with van der Waals surface area (Å²) < 4.78 is 68.1. The molecule has 0 amide bonds. The molecule has 19 heteroatoms. The number of aliphatic hydroxyl groups is 1. The summed E-state index contributed by atoms with van der Waals surface area (Å²) >= 11 is 0. The molecular weight excluding hydrogens is 1150 g/mol. The van der Waals surface area contributed by atoms with E-state index >= 15 is 0 Å². The van der Waals surface area contributed by atoms with E-state index < -0.39 is 97.5 Å². The fourth-order valence-electron chi connectivity index (χ4n) is 10.1. The van der Waals surface area contributed by atoms with Crippen LogP contribution in [0, 0.1) is 23.7 Å². The van der Waals surface area contributed by atoms with Crippen LogP contribution in [0.2, 0.25) is 0 Å². The third-order valence-electron chi connectivity index (χ3n) is 15.6. The van der Waals surface area contributed by atoms with Crippen LogP contribution in [-0.2, 0) is 65.4 Å². The van der Waals surface area contributed by atoms with E-state index in [0.717, 1.165) is 108 Å². The van der Waals surface area contributed by atoms with Crippen LogP contribution in [0.5, 0.6) is 0 Å². The number of hydrogen-bond acceptors (Lipinski definition) is 15. The summed E-state index contributed by atoms with van der Waals surface area (Å²) in [6.45, 7) is 14.0. The van der Waals surface area contributed by atoms with Crippen molar-refractivity contribution in [3.8, 4) is 0 Å². The maximum Gasteiger partial charge on any atom is 0.472 e. The fraction of sp³-hybridized carbons (Fsp3) is 0.941. The van der Waals surface area contributed by atoms with Crippen molar-refractivity contribution in [2.24, 2.45) is 23.7 Å². The first-order valence-corrected chi connectivity index (χ1v) is 38.2. The van der Waals surface area contributed by atoms with Gasteiger partial charge in [0.2, 0.25) is 0 Å². The molecule has 0 aliphatic heterocycles. The average molecular weight is 1280 g/mol. The molecule has 0 saturated heterocycles. The van der Waals surface area contributed by atoms with Crippen LogP contribution >= 0.6 is 15.6 Å². The SMILES string of the molecule is CC(C)CCCCCCCCCCCCCC(=O)OC[C@H](COP(=O)(O)OCC(O)COP(=O)(O)OC[C@@H](COC(=O)CCCCCCCCCCC(C)C)OC(=O)CCCCCCCCCCCCC(C)C)OC(=O)CCCCCCCCC(C)C. The van der Waals surface area contributed by atoms with Gasteiger partial charge in [0.05, 0.1) is 26.4 Å². The van der Waals surface area contributed by atoms with Gasteiger partial charge in [-0.25, -0.2) is 9.13 Å². The van der Waals surface area contributed by atoms with E-state index in [9.17, 15) is 43.2 Å². The van der Waals surface area contributed by atoms with Crippen LogP contribution in [0.3, 0.4) is 0 Å². The molecule has 17 nitrogen and oxygen atoms in total. The third-order valence-corrected chi connectivity index (χ3v) is 17.5. The quantitative estimate of drug-likeness (QED) is 0.0222. The van der Waals surface area contributed by atoms with Gasteiger partial charge in [-0.1, -0.05) is 280 Å². The van der Waals surface area contributed by atoms with Gasteiger partial charge < -0.3 is 33.8 Å². The fourth-order valence-corrected chi connectivity index (χ4v) is 11.7. The second-order valence-corrected chi connectivity index (χ2v) is 29.4. The Bertz CT molecular complexity index is 1730. The average Bonchev–Trinajstić information content (AvgIpc) is 3.67. The zero-order valence-electron chi connectivity index (χ0n) is 56.6. The molecule has 0 heterocycles. The van der Waals surface area contributed by atoms with Gasteiger partial charge in [-0.05, 0) is 49.4 Å². The summed E-state index contributed by atoms with van der Waals surface area (Å²) in [7, 11) is -9.90. The van der Waals surface area contributed by atoms with Crippen molar-refractivity contribution in [1.82, 2.24) is 0 Å². The van der Waals surface area contributed by atoms with Crippen LogP contribution < -0.4 is 0 Å². The van der Waals surface area contributed by atoms with Gasteiger partial charge in [-0.3, -0.25) is 37.3 Å². The number of carbonyl (C=O) groups excluding carboxylic acids is 4. The minimum atomic E-state index is -4.95. The Morgan fingerprint density at radius 2 is 0.483 bits per heavy atom. The van der Waals surface area contributed by atoms with Crippen LogP contribution in [-0.4, -0.2) is 96.7 Å². The second kappa shape index (κ2) is 57.9. The van der Waals surface area contributed by atoms with Crippen LogP contribution in [0.1, 0.15) is 331 Å². The highest BCUT2D eigenvalue weighted by atomic mass is 31.2. The molecule has 3 unspecified atom stereocenters. The molecule has 516 valence electrons. The number of unbranched alkanes of at least 4 members (excludes halogenated alkanes) is 31.